The number of hydrogen-bond acceptors (Lipinski definition) is 7. The number of anilines is 2. The highest BCUT2D eigenvalue weighted by Crippen LogP contribution is 2.66. The molecule has 0 aromatic heterocycles. The minimum atomic E-state index is -1.25. The van der Waals surface area contributed by atoms with E-state index >= 15 is 0 Å². The van der Waals surface area contributed by atoms with E-state index in [1.165, 1.54) is 6.08 Å². The largest absolute Gasteiger partial charge is 0.461 e. The quantitative estimate of drug-likeness (QED) is 0.254. The Morgan fingerprint density at radius 3 is 2.33 bits per heavy atom. The molecule has 3 heterocycles. The number of carbonyl (C=O) groups excluding carboxylic acids is 3. The van der Waals surface area contributed by atoms with E-state index in [4.69, 9.17) is 9.47 Å². The van der Waals surface area contributed by atoms with E-state index in [2.05, 4.69) is 31.9 Å². The highest BCUT2D eigenvalue weighted by Gasteiger charge is 2.81. The summed E-state index contributed by atoms with van der Waals surface area (Å²) in [5.74, 6) is -3.20. The van der Waals surface area contributed by atoms with Gasteiger partial charge in [0.25, 0.3) is 5.91 Å². The van der Waals surface area contributed by atoms with Gasteiger partial charge in [-0.05, 0) is 63.3 Å². The van der Waals surface area contributed by atoms with Gasteiger partial charge in [0.1, 0.15) is 24.2 Å². The topological polar surface area (TPSA) is 99.6 Å². The van der Waals surface area contributed by atoms with E-state index in [0.29, 0.717) is 18.5 Å². The van der Waals surface area contributed by atoms with E-state index in [1.807, 2.05) is 52.0 Å². The minimum Gasteiger partial charge on any atom is -0.461 e. The van der Waals surface area contributed by atoms with Crippen molar-refractivity contribution in [3.05, 3.63) is 49.6 Å². The molecule has 2 amide bonds. The predicted octanol–water partition coefficient (Wildman–Crippen LogP) is 4.20. The summed E-state index contributed by atoms with van der Waals surface area (Å²) >= 11 is 0. The molecule has 1 spiro atoms. The first kappa shape index (κ1) is 32.7. The number of esters is 1. The molecule has 3 saturated heterocycles. The van der Waals surface area contributed by atoms with E-state index in [9.17, 15) is 19.5 Å². The molecule has 1 aromatic carbocycles. The number of aliphatic hydroxyl groups excluding tert-OH is 1. The SMILES string of the molecule is C=CCOC(=O)[C@@H]1[C@H]2C(=O)N([C@@H](CO)[C@@H](C)CC)C(C(=O)N(CC=C)c3ccc(N(CC)CC)cc3)C23CC(C)[C@@]1(C)O3. The van der Waals surface area contributed by atoms with Crippen molar-refractivity contribution in [1.29, 1.82) is 0 Å². The number of nitrogens with zero attached hydrogens (tertiary/aromatic N) is 3. The smallest absolute Gasteiger partial charge is 0.313 e. The average Bonchev–Trinajstić information content (AvgIpc) is 3.52. The lowest BCUT2D eigenvalue weighted by Gasteiger charge is -2.41. The van der Waals surface area contributed by atoms with Gasteiger partial charge in [-0.15, -0.1) is 6.58 Å². The number of benzene rings is 1. The highest BCUT2D eigenvalue weighted by atomic mass is 16.6. The number of fused-ring (bicyclic) bond motifs is 1. The first-order chi connectivity index (χ1) is 20.5. The van der Waals surface area contributed by atoms with Gasteiger partial charge in [0.05, 0.1) is 24.2 Å². The molecule has 0 saturated carbocycles. The molecule has 3 fully saturated rings. The van der Waals surface area contributed by atoms with Gasteiger partial charge in [0.2, 0.25) is 5.91 Å². The molecule has 9 heteroatoms. The third kappa shape index (κ3) is 5.18. The Bertz CT molecular complexity index is 1210. The average molecular weight is 596 g/mol. The summed E-state index contributed by atoms with van der Waals surface area (Å²) < 4.78 is 12.3. The molecule has 4 rings (SSSR count). The zero-order valence-electron chi connectivity index (χ0n) is 26.6. The second-order valence-electron chi connectivity index (χ2n) is 12.4. The van der Waals surface area contributed by atoms with Gasteiger partial charge in [-0.1, -0.05) is 45.9 Å². The molecule has 0 radical (unpaired) electrons. The summed E-state index contributed by atoms with van der Waals surface area (Å²) in [5.41, 5.74) is -0.510. The second kappa shape index (κ2) is 12.8. The lowest BCUT2D eigenvalue weighted by atomic mass is 9.62. The van der Waals surface area contributed by atoms with Crippen molar-refractivity contribution in [3.63, 3.8) is 0 Å². The Morgan fingerprint density at radius 1 is 1.16 bits per heavy atom. The van der Waals surface area contributed by atoms with Crippen LogP contribution in [0.2, 0.25) is 0 Å². The maximum absolute atomic E-state index is 14.9. The van der Waals surface area contributed by atoms with Crippen LogP contribution in [0.1, 0.15) is 54.4 Å². The number of rotatable bonds is 14. The van der Waals surface area contributed by atoms with Crippen molar-refractivity contribution in [1.82, 2.24) is 4.90 Å². The third-order valence-corrected chi connectivity index (χ3v) is 10.3. The number of aliphatic hydroxyl groups is 1. The molecular weight excluding hydrogens is 546 g/mol. The number of ether oxygens (including phenoxy) is 2. The van der Waals surface area contributed by atoms with Crippen LogP contribution in [0.5, 0.6) is 0 Å². The molecular formula is C34H49N3O6. The maximum Gasteiger partial charge on any atom is 0.313 e. The van der Waals surface area contributed by atoms with Crippen molar-refractivity contribution < 1.29 is 29.0 Å². The van der Waals surface area contributed by atoms with Crippen LogP contribution in [0, 0.1) is 23.7 Å². The molecule has 3 aliphatic rings. The molecule has 1 N–H and O–H groups in total. The zero-order valence-corrected chi connectivity index (χ0v) is 26.6. The van der Waals surface area contributed by atoms with E-state index in [0.717, 1.165) is 18.8 Å². The number of amides is 2. The zero-order chi connectivity index (χ0) is 31.7. The summed E-state index contributed by atoms with van der Waals surface area (Å²) in [7, 11) is 0. The Labute approximate surface area is 256 Å². The van der Waals surface area contributed by atoms with E-state index in [-0.39, 0.29) is 43.4 Å². The Kier molecular flexibility index (Phi) is 9.76. The Balaban J connectivity index is 1.85. The van der Waals surface area contributed by atoms with Gasteiger partial charge in [-0.2, -0.15) is 0 Å². The first-order valence-corrected chi connectivity index (χ1v) is 15.7. The number of carbonyl (C=O) groups is 3. The normalized spacial score (nSPS) is 30.5. The van der Waals surface area contributed by atoms with Gasteiger partial charge < -0.3 is 29.3 Å². The lowest BCUT2D eigenvalue weighted by Crippen LogP contribution is -2.60. The number of hydrogen-bond donors (Lipinski definition) is 1. The summed E-state index contributed by atoms with van der Waals surface area (Å²) in [5, 5.41) is 10.6. The fourth-order valence-electron chi connectivity index (χ4n) is 7.75. The second-order valence-corrected chi connectivity index (χ2v) is 12.4. The van der Waals surface area contributed by atoms with Crippen molar-refractivity contribution in [3.8, 4) is 0 Å². The fraction of sp³-hybridized carbons (Fsp3) is 0.618. The molecule has 3 aliphatic heterocycles. The van der Waals surface area contributed by atoms with Crippen LogP contribution in [0.4, 0.5) is 11.4 Å². The molecule has 0 aliphatic carbocycles. The maximum atomic E-state index is 14.9. The Hall–Kier alpha value is -3.17. The predicted molar refractivity (Wildman–Crippen MR) is 168 cm³/mol. The van der Waals surface area contributed by atoms with E-state index in [1.54, 1.807) is 15.9 Å². The molecule has 9 nitrogen and oxygen atoms in total. The minimum absolute atomic E-state index is 0.0164. The van der Waals surface area contributed by atoms with Crippen LogP contribution >= 0.6 is 0 Å². The van der Waals surface area contributed by atoms with Crippen LogP contribution in [-0.2, 0) is 23.9 Å². The van der Waals surface area contributed by atoms with Crippen molar-refractivity contribution in [2.75, 3.05) is 42.6 Å². The summed E-state index contributed by atoms with van der Waals surface area (Å²) in [6, 6.07) is 6.14. The highest BCUT2D eigenvalue weighted by molar-refractivity contribution is 6.05. The molecule has 2 bridgehead atoms. The van der Waals surface area contributed by atoms with Crippen molar-refractivity contribution >= 4 is 29.2 Å². The van der Waals surface area contributed by atoms with Gasteiger partial charge in [-0.25, -0.2) is 0 Å². The summed E-state index contributed by atoms with van der Waals surface area (Å²) in [6.07, 6.45) is 4.28. The fourth-order valence-corrected chi connectivity index (χ4v) is 7.75. The molecule has 43 heavy (non-hydrogen) atoms. The molecule has 8 atom stereocenters. The van der Waals surface area contributed by atoms with Crippen LogP contribution in [0.25, 0.3) is 0 Å². The summed E-state index contributed by atoms with van der Waals surface area (Å²) in [6.45, 7) is 21.2. The van der Waals surface area contributed by atoms with Gasteiger partial charge in [0.15, 0.2) is 0 Å². The summed E-state index contributed by atoms with van der Waals surface area (Å²) in [4.78, 5) is 48.4. The monoisotopic (exact) mass is 595 g/mol. The van der Waals surface area contributed by atoms with Crippen LogP contribution < -0.4 is 9.80 Å². The van der Waals surface area contributed by atoms with E-state index < -0.39 is 41.1 Å². The molecule has 3 unspecified atom stereocenters. The van der Waals surface area contributed by atoms with Crippen LogP contribution in [0.15, 0.2) is 49.6 Å². The first-order valence-electron chi connectivity index (χ1n) is 15.7. The lowest BCUT2D eigenvalue weighted by molar-refractivity contribution is -0.162. The van der Waals surface area contributed by atoms with Gasteiger partial charge in [0, 0.05) is 31.0 Å². The van der Waals surface area contributed by atoms with Gasteiger partial charge in [-0.3, -0.25) is 14.4 Å². The number of likely N-dealkylation sites (tertiary alicyclic amines) is 1. The molecule has 1 aromatic rings. The third-order valence-electron chi connectivity index (χ3n) is 10.3. The van der Waals surface area contributed by atoms with Gasteiger partial charge >= 0.3 is 5.97 Å². The van der Waals surface area contributed by atoms with Crippen LogP contribution in [-0.4, -0.2) is 83.9 Å². The Morgan fingerprint density at radius 2 is 1.79 bits per heavy atom. The molecule has 236 valence electrons. The standard InChI is InChI=1S/C34H49N3O6/c1-9-18-36(25-16-14-24(15-17-25)35(12-4)13-5)31(40)29-34-20-23(7)33(8,43-34)28(32(41)42-19-10-2)27(34)30(39)37(29)26(21-38)22(6)11-3/h9-10,14-17,22-23,26-29,38H,1-2,11-13,18-21H2,3-8H3/t22-,23?,26-,27-,28-,29?,33+,34?/m0/s1. The van der Waals surface area contributed by atoms with Crippen LogP contribution in [0.3, 0.4) is 0 Å². The van der Waals surface area contributed by atoms with Crippen molar-refractivity contribution in [2.45, 2.75) is 77.7 Å². The van der Waals surface area contributed by atoms with Crippen molar-refractivity contribution in [2.24, 2.45) is 23.7 Å².